The van der Waals surface area contributed by atoms with Crippen LogP contribution in [-0.2, 0) is 44.7 Å². The van der Waals surface area contributed by atoms with Gasteiger partial charge in [0.1, 0.15) is 9.79 Å². The van der Waals surface area contributed by atoms with Gasteiger partial charge in [0, 0.05) is 75.6 Å². The van der Waals surface area contributed by atoms with Crippen molar-refractivity contribution in [2.24, 2.45) is 0 Å². The van der Waals surface area contributed by atoms with Crippen molar-refractivity contribution in [3.05, 3.63) is 87.7 Å². The van der Waals surface area contributed by atoms with Crippen molar-refractivity contribution in [1.29, 1.82) is 0 Å². The zero-order chi connectivity index (χ0) is 47.3. The highest BCUT2D eigenvalue weighted by Gasteiger charge is 2.40. The first kappa shape index (κ1) is 52.2. The summed E-state index contributed by atoms with van der Waals surface area (Å²) in [6, 6.07) is 14.2. The van der Waals surface area contributed by atoms with Crippen LogP contribution in [0.1, 0.15) is 119 Å². The fourth-order valence-electron chi connectivity index (χ4n) is 10.2. The second-order valence-electron chi connectivity index (χ2n) is 18.2. The average Bonchev–Trinajstić information content (AvgIpc) is 3.83. The van der Waals surface area contributed by atoms with Gasteiger partial charge in [-0.1, -0.05) is 66.4 Å². The number of rotatable bonds is 17. The summed E-state index contributed by atoms with van der Waals surface area (Å²) >= 11 is 12.5. The topological polar surface area (TPSA) is 147 Å². The van der Waals surface area contributed by atoms with Crippen LogP contribution in [0.15, 0.2) is 70.7 Å². The molecule has 0 bridgehead atoms. The normalized spacial score (nSPS) is 21.0. The molecule has 0 radical (unpaired) electrons. The summed E-state index contributed by atoms with van der Waals surface area (Å²) in [6.07, 6.45) is 16.3. The van der Waals surface area contributed by atoms with Crippen molar-refractivity contribution in [2.45, 2.75) is 144 Å². The quantitative estimate of drug-likeness (QED) is 0.120. The lowest BCUT2D eigenvalue weighted by Crippen LogP contribution is -2.47. The van der Waals surface area contributed by atoms with Crippen LogP contribution in [-0.4, -0.2) is 124 Å². The summed E-state index contributed by atoms with van der Waals surface area (Å²) in [5, 5.41) is 0.524. The van der Waals surface area contributed by atoms with E-state index in [1.54, 1.807) is 65.1 Å². The van der Waals surface area contributed by atoms with E-state index in [2.05, 4.69) is 20.7 Å². The summed E-state index contributed by atoms with van der Waals surface area (Å²) in [4.78, 5) is 33.7. The van der Waals surface area contributed by atoms with Gasteiger partial charge in [0.05, 0.1) is 29.4 Å². The fourth-order valence-corrected chi connectivity index (χ4v) is 15.2. The monoisotopic (exact) mass is 989 g/mol. The molecule has 13 nitrogen and oxygen atoms in total. The van der Waals surface area contributed by atoms with Crippen molar-refractivity contribution in [2.75, 3.05) is 59.5 Å². The summed E-state index contributed by atoms with van der Waals surface area (Å²) in [7, 11) is -5.99. The van der Waals surface area contributed by atoms with Gasteiger partial charge in [-0.05, 0) is 133 Å². The molecule has 4 aliphatic heterocycles. The Bertz CT molecular complexity index is 2250. The lowest BCUT2D eigenvalue weighted by atomic mass is 9.84. The molecule has 1 amide bonds. The van der Waals surface area contributed by atoms with Crippen LogP contribution in [0.5, 0.6) is 0 Å². The number of aromatic nitrogens is 1. The molecule has 5 heterocycles. The van der Waals surface area contributed by atoms with Crippen molar-refractivity contribution >= 4 is 55.1 Å². The summed E-state index contributed by atoms with van der Waals surface area (Å²) in [6.45, 7) is 9.74. The maximum absolute atomic E-state index is 13.7. The number of pyridine rings is 1. The first-order valence-electron chi connectivity index (χ1n) is 23.8. The Hall–Kier alpha value is -3.15. The van der Waals surface area contributed by atoms with E-state index in [1.165, 1.54) is 20.0 Å². The minimum atomic E-state index is -3.71. The van der Waals surface area contributed by atoms with Crippen LogP contribution in [0.4, 0.5) is 0 Å². The van der Waals surface area contributed by atoms with Gasteiger partial charge < -0.3 is 19.3 Å². The van der Waals surface area contributed by atoms with Crippen LogP contribution < -0.4 is 0 Å². The van der Waals surface area contributed by atoms with Crippen molar-refractivity contribution in [1.82, 2.24) is 23.4 Å². The summed E-state index contributed by atoms with van der Waals surface area (Å²) < 4.78 is 68.1. The van der Waals surface area contributed by atoms with E-state index < -0.39 is 25.6 Å². The van der Waals surface area contributed by atoms with E-state index >= 15 is 0 Å². The molecule has 4 fully saturated rings. The van der Waals surface area contributed by atoms with Crippen LogP contribution in [0.25, 0.3) is 0 Å². The van der Waals surface area contributed by atoms with E-state index in [1.807, 2.05) is 17.2 Å². The number of piperidine rings is 3. The molecule has 17 heteroatoms. The molecule has 3 aromatic rings. The Morgan fingerprint density at radius 2 is 1.24 bits per heavy atom. The SMILES string of the molecule is COC(=O)CCCC1CCCCN1S(=O)(=O)c1c(C)cccc1Cl.Cc1cccc(Cl)c1S(=O)(=O)N1CCCCC1CCCC(=O)N1CCC(OCCN2CCCC2)(c2cccnc2)CC1. The number of likely N-dealkylation sites (tertiary alicyclic amines) is 2. The highest BCUT2D eigenvalue weighted by Crippen LogP contribution is 2.38. The molecule has 4 aliphatic rings. The highest BCUT2D eigenvalue weighted by molar-refractivity contribution is 7.89. The van der Waals surface area contributed by atoms with Crippen molar-refractivity contribution in [3.8, 4) is 0 Å². The number of methoxy groups -OCH3 is 1. The number of amides is 1. The maximum atomic E-state index is 13.7. The predicted molar refractivity (Wildman–Crippen MR) is 259 cm³/mol. The molecule has 0 saturated carbocycles. The predicted octanol–water partition coefficient (Wildman–Crippen LogP) is 8.92. The van der Waals surface area contributed by atoms with Crippen LogP contribution in [0.2, 0.25) is 10.0 Å². The minimum Gasteiger partial charge on any atom is -0.469 e. The Labute approximate surface area is 403 Å². The standard InChI is InChI=1S/C32H45ClN4O4S.C17H24ClNO4S/c1-26-9-6-13-29(33)31(26)42(39,40)37-20-3-2-11-28(37)12-7-14-30(38)36-21-15-32(16-22-36,27-10-8-17-34-25-27)41-24-23-35-18-4-5-19-35;1-13-7-5-10-15(18)17(13)24(21,22)19-12-4-3-8-14(19)9-6-11-16(20)23-2/h6,8-10,13,17,25,28H,2-5,7,11-12,14-16,18-24H2,1H3;5,7,10,14H,3-4,6,8-9,11-12H2,1-2H3. The van der Waals surface area contributed by atoms with Crippen LogP contribution >= 0.6 is 23.2 Å². The van der Waals surface area contributed by atoms with E-state index in [0.717, 1.165) is 76.6 Å². The number of halogens is 2. The Morgan fingerprint density at radius 3 is 1.74 bits per heavy atom. The third kappa shape index (κ3) is 13.1. The first-order valence-corrected chi connectivity index (χ1v) is 27.5. The number of nitrogens with zero attached hydrogens (tertiary/aromatic N) is 5. The third-order valence-electron chi connectivity index (χ3n) is 13.8. The second-order valence-corrected chi connectivity index (χ2v) is 22.6. The zero-order valence-corrected chi connectivity index (χ0v) is 42.1. The molecule has 7 rings (SSSR count). The van der Waals surface area contributed by atoms with Gasteiger partial charge in [0.25, 0.3) is 0 Å². The Balaban J connectivity index is 0.000000255. The number of carbonyl (C=O) groups is 2. The van der Waals surface area contributed by atoms with Gasteiger partial charge in [-0.15, -0.1) is 0 Å². The van der Waals surface area contributed by atoms with Gasteiger partial charge >= 0.3 is 5.97 Å². The van der Waals surface area contributed by atoms with E-state index in [0.29, 0.717) is 82.4 Å². The third-order valence-corrected chi connectivity index (χ3v) is 18.9. The molecule has 4 saturated heterocycles. The van der Waals surface area contributed by atoms with Gasteiger partial charge in [0.2, 0.25) is 26.0 Å². The number of carbonyl (C=O) groups excluding carboxylic acids is 2. The van der Waals surface area contributed by atoms with E-state index in [9.17, 15) is 26.4 Å². The zero-order valence-electron chi connectivity index (χ0n) is 39.0. The highest BCUT2D eigenvalue weighted by atomic mass is 35.5. The molecule has 364 valence electrons. The van der Waals surface area contributed by atoms with Gasteiger partial charge in [-0.25, -0.2) is 16.8 Å². The molecular weight excluding hydrogens is 922 g/mol. The largest absolute Gasteiger partial charge is 0.469 e. The fraction of sp³-hybridized carbons (Fsp3) is 0.612. The van der Waals surface area contributed by atoms with Gasteiger partial charge in [-0.2, -0.15) is 8.61 Å². The number of sulfonamides is 2. The van der Waals surface area contributed by atoms with Crippen molar-refractivity contribution < 1.29 is 35.9 Å². The molecule has 0 aliphatic carbocycles. The summed E-state index contributed by atoms with van der Waals surface area (Å²) in [5.41, 5.74) is 1.99. The number of hydrogen-bond acceptors (Lipinski definition) is 10. The average molecular weight is 991 g/mol. The molecular formula is C49H69Cl2N5O8S2. The Kier molecular flexibility index (Phi) is 19.3. The molecule has 2 unspecified atom stereocenters. The smallest absolute Gasteiger partial charge is 0.305 e. The van der Waals surface area contributed by atoms with Crippen molar-refractivity contribution in [3.63, 3.8) is 0 Å². The number of benzene rings is 2. The first-order chi connectivity index (χ1) is 31.7. The molecule has 0 spiro atoms. The van der Waals surface area contributed by atoms with E-state index in [-0.39, 0.29) is 43.8 Å². The summed E-state index contributed by atoms with van der Waals surface area (Å²) in [5.74, 6) is -0.124. The lowest BCUT2D eigenvalue weighted by molar-refractivity contribution is -0.141. The lowest BCUT2D eigenvalue weighted by Gasteiger charge is -2.42. The Morgan fingerprint density at radius 1 is 0.712 bits per heavy atom. The van der Waals surface area contributed by atoms with Gasteiger partial charge in [0.15, 0.2) is 0 Å². The number of hydrogen-bond donors (Lipinski definition) is 0. The minimum absolute atomic E-state index is 0.0934. The number of esters is 1. The molecule has 0 N–H and O–H groups in total. The molecule has 2 atom stereocenters. The maximum Gasteiger partial charge on any atom is 0.305 e. The molecule has 1 aromatic heterocycles. The number of ether oxygens (including phenoxy) is 2. The van der Waals surface area contributed by atoms with Crippen LogP contribution in [0.3, 0.4) is 0 Å². The number of aryl methyl sites for hydroxylation is 2. The molecule has 2 aromatic carbocycles. The van der Waals surface area contributed by atoms with E-state index in [4.69, 9.17) is 27.9 Å². The van der Waals surface area contributed by atoms with Crippen LogP contribution in [0, 0.1) is 13.8 Å². The van der Waals surface area contributed by atoms with Gasteiger partial charge in [-0.3, -0.25) is 14.6 Å². The second kappa shape index (κ2) is 24.4. The molecule has 66 heavy (non-hydrogen) atoms.